The van der Waals surface area contributed by atoms with Gasteiger partial charge < -0.3 is 10.4 Å². The van der Waals surface area contributed by atoms with Gasteiger partial charge in [-0.15, -0.1) is 0 Å². The van der Waals surface area contributed by atoms with Gasteiger partial charge in [0, 0.05) is 17.8 Å². The number of nitrogens with zero attached hydrogens (tertiary/aromatic N) is 3. The molecule has 1 amide bonds. The van der Waals surface area contributed by atoms with Crippen LogP contribution in [0, 0.1) is 10.1 Å². The van der Waals surface area contributed by atoms with Gasteiger partial charge in [-0.25, -0.2) is 0 Å². The number of carbonyl (C=O) groups excluding carboxylic acids is 1. The molecule has 0 bridgehead atoms. The van der Waals surface area contributed by atoms with Crippen molar-refractivity contribution in [1.29, 1.82) is 0 Å². The average molecular weight is 274 g/mol. The van der Waals surface area contributed by atoms with E-state index < -0.39 is 22.3 Å². The van der Waals surface area contributed by atoms with Crippen molar-refractivity contribution in [3.8, 4) is 5.75 Å². The lowest BCUT2D eigenvalue weighted by atomic mass is 10.1. The van der Waals surface area contributed by atoms with Crippen molar-refractivity contribution < 1.29 is 14.8 Å². The van der Waals surface area contributed by atoms with Crippen molar-refractivity contribution in [1.82, 2.24) is 15.5 Å². The zero-order chi connectivity index (χ0) is 14.5. The minimum atomic E-state index is -0.726. The molecule has 1 aromatic carbocycles. The zero-order valence-corrected chi connectivity index (χ0v) is 10.2. The summed E-state index contributed by atoms with van der Waals surface area (Å²) in [6.45, 7) is 0.171. The highest BCUT2D eigenvalue weighted by Crippen LogP contribution is 2.26. The van der Waals surface area contributed by atoms with Crippen molar-refractivity contribution in [3.63, 3.8) is 0 Å². The molecule has 2 rings (SSSR count). The predicted molar refractivity (Wildman–Crippen MR) is 68.0 cm³/mol. The van der Waals surface area contributed by atoms with E-state index in [9.17, 15) is 20.0 Å². The van der Waals surface area contributed by atoms with Crippen molar-refractivity contribution in [2.75, 3.05) is 0 Å². The molecule has 0 saturated carbocycles. The average Bonchev–Trinajstić information content (AvgIpc) is 2.45. The second-order valence-corrected chi connectivity index (χ2v) is 3.86. The SMILES string of the molecule is O=C(NCc1cccnn1)c1ccc([N+](=O)[O-])c(O)c1. The van der Waals surface area contributed by atoms with Gasteiger partial charge in [0.05, 0.1) is 17.2 Å². The number of nitro groups is 1. The van der Waals surface area contributed by atoms with Crippen LogP contribution in [0.1, 0.15) is 16.1 Å². The van der Waals surface area contributed by atoms with E-state index >= 15 is 0 Å². The minimum Gasteiger partial charge on any atom is -0.502 e. The van der Waals surface area contributed by atoms with Crippen LogP contribution in [0.5, 0.6) is 5.75 Å². The monoisotopic (exact) mass is 274 g/mol. The number of hydrogen-bond donors (Lipinski definition) is 2. The normalized spacial score (nSPS) is 10.0. The Balaban J connectivity index is 2.06. The number of aromatic nitrogens is 2. The van der Waals surface area contributed by atoms with E-state index in [0.29, 0.717) is 5.69 Å². The Labute approximate surface area is 113 Å². The number of phenolic OH excluding ortho intramolecular Hbond substituents is 1. The van der Waals surface area contributed by atoms with E-state index in [0.717, 1.165) is 12.1 Å². The van der Waals surface area contributed by atoms with E-state index in [1.807, 2.05) is 0 Å². The van der Waals surface area contributed by atoms with Gasteiger partial charge in [0.25, 0.3) is 5.91 Å². The predicted octanol–water partition coefficient (Wildman–Crippen LogP) is 1.02. The smallest absolute Gasteiger partial charge is 0.310 e. The number of rotatable bonds is 4. The van der Waals surface area contributed by atoms with Crippen LogP contribution in [0.25, 0.3) is 0 Å². The van der Waals surface area contributed by atoms with Gasteiger partial charge in [-0.1, -0.05) is 0 Å². The maximum absolute atomic E-state index is 11.8. The Hall–Kier alpha value is -3.03. The van der Waals surface area contributed by atoms with Crippen LogP contribution in [0.2, 0.25) is 0 Å². The summed E-state index contributed by atoms with van der Waals surface area (Å²) in [7, 11) is 0. The number of nitro benzene ring substituents is 1. The molecule has 0 unspecified atom stereocenters. The topological polar surface area (TPSA) is 118 Å². The summed E-state index contributed by atoms with van der Waals surface area (Å²) in [5.41, 5.74) is 0.249. The van der Waals surface area contributed by atoms with Gasteiger partial charge in [0.1, 0.15) is 0 Å². The van der Waals surface area contributed by atoms with Crippen LogP contribution in [0.3, 0.4) is 0 Å². The molecule has 0 aliphatic heterocycles. The number of benzene rings is 1. The molecule has 8 nitrogen and oxygen atoms in total. The van der Waals surface area contributed by atoms with Crippen LogP contribution in [0.15, 0.2) is 36.5 Å². The molecule has 8 heteroatoms. The molecular weight excluding hydrogens is 264 g/mol. The van der Waals surface area contributed by atoms with E-state index in [2.05, 4.69) is 15.5 Å². The summed E-state index contributed by atoms with van der Waals surface area (Å²) in [5.74, 6) is -1.02. The highest BCUT2D eigenvalue weighted by atomic mass is 16.6. The number of hydrogen-bond acceptors (Lipinski definition) is 6. The van der Waals surface area contributed by atoms with Crippen LogP contribution < -0.4 is 5.32 Å². The fraction of sp³-hybridized carbons (Fsp3) is 0.0833. The lowest BCUT2D eigenvalue weighted by Gasteiger charge is -2.05. The zero-order valence-electron chi connectivity index (χ0n) is 10.2. The molecule has 0 radical (unpaired) electrons. The molecule has 20 heavy (non-hydrogen) atoms. The summed E-state index contributed by atoms with van der Waals surface area (Å²) in [6, 6.07) is 6.77. The second-order valence-electron chi connectivity index (χ2n) is 3.86. The summed E-state index contributed by atoms with van der Waals surface area (Å²) < 4.78 is 0. The number of amides is 1. The molecule has 102 valence electrons. The molecule has 0 aliphatic carbocycles. The van der Waals surface area contributed by atoms with Gasteiger partial charge in [0.2, 0.25) is 0 Å². The molecule has 2 aromatic rings. The Bertz CT molecular complexity index is 645. The first kappa shape index (κ1) is 13.4. The van der Waals surface area contributed by atoms with Gasteiger partial charge in [0.15, 0.2) is 5.75 Å². The summed E-state index contributed by atoms with van der Waals surface area (Å²) in [5, 5.41) is 30.0. The summed E-state index contributed by atoms with van der Waals surface area (Å²) in [6.07, 6.45) is 1.51. The number of nitrogens with one attached hydrogen (secondary N) is 1. The van der Waals surface area contributed by atoms with Crippen molar-refractivity contribution >= 4 is 11.6 Å². The Morgan fingerprint density at radius 2 is 2.20 bits per heavy atom. The lowest BCUT2D eigenvalue weighted by Crippen LogP contribution is -2.23. The van der Waals surface area contributed by atoms with Crippen molar-refractivity contribution in [3.05, 3.63) is 57.9 Å². The molecule has 0 spiro atoms. The van der Waals surface area contributed by atoms with Gasteiger partial charge >= 0.3 is 5.69 Å². The Kier molecular flexibility index (Phi) is 3.85. The minimum absolute atomic E-state index is 0.122. The van der Waals surface area contributed by atoms with Crippen LogP contribution >= 0.6 is 0 Å². The highest BCUT2D eigenvalue weighted by molar-refractivity contribution is 5.94. The summed E-state index contributed by atoms with van der Waals surface area (Å²) >= 11 is 0. The Morgan fingerprint density at radius 3 is 2.80 bits per heavy atom. The molecule has 0 aliphatic rings. The first-order valence-electron chi connectivity index (χ1n) is 5.60. The Morgan fingerprint density at radius 1 is 1.40 bits per heavy atom. The fourth-order valence-electron chi connectivity index (χ4n) is 1.52. The molecule has 0 fully saturated rings. The van der Waals surface area contributed by atoms with E-state index in [-0.39, 0.29) is 12.1 Å². The first-order valence-corrected chi connectivity index (χ1v) is 5.60. The largest absolute Gasteiger partial charge is 0.502 e. The van der Waals surface area contributed by atoms with Gasteiger partial charge in [-0.05, 0) is 24.3 Å². The van der Waals surface area contributed by atoms with E-state index in [4.69, 9.17) is 0 Å². The number of phenols is 1. The van der Waals surface area contributed by atoms with Crippen LogP contribution in [-0.2, 0) is 6.54 Å². The van der Waals surface area contributed by atoms with E-state index in [1.54, 1.807) is 12.1 Å². The highest BCUT2D eigenvalue weighted by Gasteiger charge is 2.15. The number of aromatic hydroxyl groups is 1. The maximum Gasteiger partial charge on any atom is 0.310 e. The van der Waals surface area contributed by atoms with Crippen molar-refractivity contribution in [2.45, 2.75) is 6.54 Å². The maximum atomic E-state index is 11.8. The van der Waals surface area contributed by atoms with Crippen LogP contribution in [0.4, 0.5) is 5.69 Å². The number of carbonyl (C=O) groups is 1. The molecule has 1 heterocycles. The third-order valence-electron chi connectivity index (χ3n) is 2.49. The summed E-state index contributed by atoms with van der Waals surface area (Å²) in [4.78, 5) is 21.6. The fourth-order valence-corrected chi connectivity index (χ4v) is 1.52. The lowest BCUT2D eigenvalue weighted by molar-refractivity contribution is -0.385. The van der Waals surface area contributed by atoms with Crippen molar-refractivity contribution in [2.24, 2.45) is 0 Å². The van der Waals surface area contributed by atoms with E-state index in [1.165, 1.54) is 12.3 Å². The molecule has 2 N–H and O–H groups in total. The standard InChI is InChI=1S/C12H10N4O4/c17-11-6-8(3-4-10(11)16(19)20)12(18)13-7-9-2-1-5-14-15-9/h1-6,17H,7H2,(H,13,18). The molecular formula is C12H10N4O4. The van der Waals surface area contributed by atoms with Gasteiger partial charge in [-0.2, -0.15) is 10.2 Å². The van der Waals surface area contributed by atoms with Crippen LogP contribution in [-0.4, -0.2) is 26.1 Å². The third kappa shape index (κ3) is 3.05. The first-order chi connectivity index (χ1) is 9.58. The molecule has 1 aromatic heterocycles. The quantitative estimate of drug-likeness (QED) is 0.634. The molecule has 0 atom stereocenters. The van der Waals surface area contributed by atoms with Gasteiger partial charge in [-0.3, -0.25) is 14.9 Å². The third-order valence-corrected chi connectivity index (χ3v) is 2.49. The molecule has 0 saturated heterocycles. The second kappa shape index (κ2) is 5.74.